The van der Waals surface area contributed by atoms with Crippen LogP contribution in [0, 0.1) is 5.92 Å². The Balaban J connectivity index is 2.64. The highest BCUT2D eigenvalue weighted by atomic mass is 79.9. The van der Waals surface area contributed by atoms with Crippen LogP contribution in [0.4, 0.5) is 5.69 Å². The molecular formula is C12H10BrNO2. The molecule has 0 spiro atoms. The van der Waals surface area contributed by atoms with E-state index in [1.807, 2.05) is 31.2 Å². The molecule has 0 amide bonds. The molecule has 1 atom stereocenters. The molecule has 1 aliphatic heterocycles. The minimum absolute atomic E-state index is 0.232. The summed E-state index contributed by atoms with van der Waals surface area (Å²) in [7, 11) is 0. The third-order valence-corrected chi connectivity index (χ3v) is 3.41. The van der Waals surface area contributed by atoms with Crippen molar-refractivity contribution < 1.29 is 9.90 Å². The number of carboxylic acids is 1. The van der Waals surface area contributed by atoms with Crippen molar-refractivity contribution in [2.75, 3.05) is 0 Å². The third kappa shape index (κ3) is 1.93. The van der Waals surface area contributed by atoms with E-state index >= 15 is 0 Å². The summed E-state index contributed by atoms with van der Waals surface area (Å²) in [5.74, 6) is -1.14. The molecule has 0 bridgehead atoms. The highest BCUT2D eigenvalue weighted by Gasteiger charge is 2.22. The highest BCUT2D eigenvalue weighted by molar-refractivity contribution is 9.18. The number of carboxylic acid groups (broad SMARTS) is 1. The number of rotatable bonds is 1. The number of hydrogen-bond acceptors (Lipinski definition) is 2. The maximum absolute atomic E-state index is 11.1. The lowest BCUT2D eigenvalue weighted by Crippen LogP contribution is -2.13. The second kappa shape index (κ2) is 4.22. The van der Waals surface area contributed by atoms with Gasteiger partial charge in [0.2, 0.25) is 0 Å². The predicted octanol–water partition coefficient (Wildman–Crippen LogP) is 3.23. The first kappa shape index (κ1) is 11.1. The normalized spacial score (nSPS) is 19.2. The second-order valence-corrected chi connectivity index (χ2v) is 4.43. The van der Waals surface area contributed by atoms with Gasteiger partial charge >= 0.3 is 5.97 Å². The molecular weight excluding hydrogens is 270 g/mol. The van der Waals surface area contributed by atoms with E-state index in [0.29, 0.717) is 10.2 Å². The van der Waals surface area contributed by atoms with Crippen LogP contribution in [0.3, 0.4) is 0 Å². The second-order valence-electron chi connectivity index (χ2n) is 3.62. The zero-order chi connectivity index (χ0) is 11.7. The molecule has 0 saturated heterocycles. The van der Waals surface area contributed by atoms with Gasteiger partial charge in [-0.1, -0.05) is 25.1 Å². The van der Waals surface area contributed by atoms with Crippen LogP contribution in [0.15, 0.2) is 34.8 Å². The summed E-state index contributed by atoms with van der Waals surface area (Å²) < 4.78 is 0.645. The van der Waals surface area contributed by atoms with E-state index < -0.39 is 5.97 Å². The first-order valence-electron chi connectivity index (χ1n) is 4.87. The van der Waals surface area contributed by atoms with Gasteiger partial charge in [-0.3, -0.25) is 0 Å². The number of aliphatic carboxylic acids is 1. The minimum atomic E-state index is -0.906. The Labute approximate surface area is 102 Å². The Morgan fingerprint density at radius 2 is 2.12 bits per heavy atom. The van der Waals surface area contributed by atoms with Crippen molar-refractivity contribution in [1.82, 2.24) is 0 Å². The zero-order valence-electron chi connectivity index (χ0n) is 8.64. The Bertz CT molecular complexity index is 505. The number of benzene rings is 1. The van der Waals surface area contributed by atoms with Crippen LogP contribution in [0.25, 0.3) is 6.08 Å². The smallest absolute Gasteiger partial charge is 0.332 e. The fourth-order valence-electron chi connectivity index (χ4n) is 1.59. The van der Waals surface area contributed by atoms with Gasteiger partial charge in [0.05, 0.1) is 10.3 Å². The van der Waals surface area contributed by atoms with E-state index in [9.17, 15) is 4.79 Å². The number of carbonyl (C=O) groups is 1. The van der Waals surface area contributed by atoms with Crippen LogP contribution in [0.2, 0.25) is 0 Å². The molecule has 0 aliphatic carbocycles. The average molecular weight is 280 g/mol. The van der Waals surface area contributed by atoms with E-state index in [4.69, 9.17) is 5.11 Å². The molecule has 82 valence electrons. The molecule has 0 fully saturated rings. The number of halogens is 1. The van der Waals surface area contributed by atoms with Crippen molar-refractivity contribution in [3.05, 3.63) is 35.4 Å². The largest absolute Gasteiger partial charge is 0.478 e. The van der Waals surface area contributed by atoms with Crippen LogP contribution in [0.5, 0.6) is 0 Å². The van der Waals surface area contributed by atoms with Crippen molar-refractivity contribution in [3.8, 4) is 0 Å². The number of para-hydroxylation sites is 1. The van der Waals surface area contributed by atoms with Gasteiger partial charge in [-0.2, -0.15) is 0 Å². The van der Waals surface area contributed by atoms with E-state index in [2.05, 4.69) is 20.9 Å². The third-order valence-electron chi connectivity index (χ3n) is 2.55. The lowest BCUT2D eigenvalue weighted by molar-refractivity contribution is -0.132. The van der Waals surface area contributed by atoms with Crippen LogP contribution in [0.1, 0.15) is 12.5 Å². The fourth-order valence-corrected chi connectivity index (χ4v) is 2.03. The molecule has 1 aliphatic rings. The van der Waals surface area contributed by atoms with Crippen molar-refractivity contribution in [2.24, 2.45) is 10.9 Å². The summed E-state index contributed by atoms with van der Waals surface area (Å²) in [5.41, 5.74) is 1.97. The van der Waals surface area contributed by atoms with E-state index in [1.54, 1.807) is 6.08 Å². The highest BCUT2D eigenvalue weighted by Crippen LogP contribution is 2.31. The molecule has 4 heteroatoms. The van der Waals surface area contributed by atoms with Gasteiger partial charge in [0, 0.05) is 17.1 Å². The molecule has 2 rings (SSSR count). The molecule has 1 aromatic rings. The van der Waals surface area contributed by atoms with Crippen LogP contribution in [-0.4, -0.2) is 15.7 Å². The lowest BCUT2D eigenvalue weighted by Gasteiger charge is -2.07. The maximum atomic E-state index is 11.1. The van der Waals surface area contributed by atoms with Crippen molar-refractivity contribution in [1.29, 1.82) is 0 Å². The summed E-state index contributed by atoms with van der Waals surface area (Å²) >= 11 is 3.33. The van der Waals surface area contributed by atoms with E-state index in [0.717, 1.165) is 11.3 Å². The van der Waals surface area contributed by atoms with Crippen LogP contribution in [-0.2, 0) is 4.79 Å². The SMILES string of the molecule is CC1C(C(=O)O)=Cc2ccccc2N=C1Br. The number of aliphatic imine (C=N–C) groups is 1. The molecule has 1 unspecified atom stereocenters. The quantitative estimate of drug-likeness (QED) is 0.858. The Hall–Kier alpha value is -1.42. The lowest BCUT2D eigenvalue weighted by atomic mass is 10.0. The van der Waals surface area contributed by atoms with Gasteiger partial charge in [0.25, 0.3) is 0 Å². The maximum Gasteiger partial charge on any atom is 0.332 e. The Morgan fingerprint density at radius 3 is 2.81 bits per heavy atom. The molecule has 3 nitrogen and oxygen atoms in total. The number of nitrogens with zero attached hydrogens (tertiary/aromatic N) is 1. The summed E-state index contributed by atoms with van der Waals surface area (Å²) in [6.45, 7) is 1.82. The molecule has 1 N–H and O–H groups in total. The van der Waals surface area contributed by atoms with Gasteiger partial charge in [-0.15, -0.1) is 0 Å². The first-order chi connectivity index (χ1) is 7.59. The molecule has 1 heterocycles. The number of hydrogen-bond donors (Lipinski definition) is 1. The van der Waals surface area contributed by atoms with Gasteiger partial charge in [0.1, 0.15) is 0 Å². The van der Waals surface area contributed by atoms with E-state index in [-0.39, 0.29) is 5.92 Å². The summed E-state index contributed by atoms with van der Waals surface area (Å²) in [6, 6.07) is 7.48. The van der Waals surface area contributed by atoms with Crippen molar-refractivity contribution in [3.63, 3.8) is 0 Å². The standard InChI is InChI=1S/C12H10BrNO2/c1-7-9(12(15)16)6-8-4-2-3-5-10(8)14-11(7)13/h2-7H,1H3,(H,15,16). The summed E-state index contributed by atoms with van der Waals surface area (Å²) in [6.07, 6.45) is 1.68. The summed E-state index contributed by atoms with van der Waals surface area (Å²) in [5, 5.41) is 9.13. The van der Waals surface area contributed by atoms with E-state index in [1.165, 1.54) is 0 Å². The first-order valence-corrected chi connectivity index (χ1v) is 5.67. The molecule has 0 aromatic heterocycles. The van der Waals surface area contributed by atoms with Gasteiger partial charge < -0.3 is 5.11 Å². The minimum Gasteiger partial charge on any atom is -0.478 e. The van der Waals surface area contributed by atoms with Gasteiger partial charge in [0.15, 0.2) is 0 Å². The molecule has 1 aromatic carbocycles. The Kier molecular flexibility index (Phi) is 2.92. The topological polar surface area (TPSA) is 49.7 Å². The Morgan fingerprint density at radius 1 is 1.44 bits per heavy atom. The number of fused-ring (bicyclic) bond motifs is 1. The zero-order valence-corrected chi connectivity index (χ0v) is 10.2. The molecule has 0 saturated carbocycles. The van der Waals surface area contributed by atoms with Gasteiger partial charge in [-0.25, -0.2) is 9.79 Å². The average Bonchev–Trinajstić information content (AvgIpc) is 2.37. The fraction of sp³-hybridized carbons (Fsp3) is 0.167. The predicted molar refractivity (Wildman–Crippen MR) is 67.2 cm³/mol. The molecule has 16 heavy (non-hydrogen) atoms. The van der Waals surface area contributed by atoms with Crippen molar-refractivity contribution in [2.45, 2.75) is 6.92 Å². The van der Waals surface area contributed by atoms with Gasteiger partial charge in [-0.05, 0) is 28.1 Å². The summed E-state index contributed by atoms with van der Waals surface area (Å²) in [4.78, 5) is 15.5. The van der Waals surface area contributed by atoms with Crippen LogP contribution < -0.4 is 0 Å². The van der Waals surface area contributed by atoms with Crippen molar-refractivity contribution >= 4 is 38.3 Å². The van der Waals surface area contributed by atoms with Crippen LogP contribution >= 0.6 is 15.9 Å². The molecule has 0 radical (unpaired) electrons. The monoisotopic (exact) mass is 279 g/mol.